The summed E-state index contributed by atoms with van der Waals surface area (Å²) in [7, 11) is 0. The fourth-order valence-electron chi connectivity index (χ4n) is 6.73. The first-order valence-corrected chi connectivity index (χ1v) is 15.8. The minimum absolute atomic E-state index is 0.511. The Morgan fingerprint density at radius 1 is 0.417 bits per heavy atom. The number of furan rings is 2. The van der Waals surface area contributed by atoms with Crippen LogP contribution >= 0.6 is 0 Å². The van der Waals surface area contributed by atoms with E-state index in [0.717, 1.165) is 77.0 Å². The number of benzene rings is 6. The lowest BCUT2D eigenvalue weighted by Crippen LogP contribution is -2.01. The van der Waals surface area contributed by atoms with E-state index >= 15 is 0 Å². The van der Waals surface area contributed by atoms with Crippen LogP contribution in [0.25, 0.3) is 100 Å². The van der Waals surface area contributed by atoms with E-state index in [-0.39, 0.29) is 0 Å². The maximum absolute atomic E-state index is 6.69. The average Bonchev–Trinajstić information content (AvgIpc) is 3.72. The van der Waals surface area contributed by atoms with Gasteiger partial charge in [0.2, 0.25) is 0 Å². The van der Waals surface area contributed by atoms with Crippen LogP contribution in [0.5, 0.6) is 0 Å². The van der Waals surface area contributed by atoms with Gasteiger partial charge >= 0.3 is 0 Å². The van der Waals surface area contributed by atoms with E-state index in [0.29, 0.717) is 23.1 Å². The second-order valence-electron chi connectivity index (χ2n) is 11.8. The summed E-state index contributed by atoms with van der Waals surface area (Å²) in [6, 6.07) is 46.8. The standard InChI is InChI=1S/C42H24N4O2/c1-3-12-25(13-4-1)38-39-37(31-22-27-16-7-8-17-28(27)23-35(31)48-39)32(24-43-38)42-45-40(26-14-5-2-6-15-26)44-41(46-42)30-19-11-21-34-36(30)29-18-9-10-20-33(29)47-34/h1-24H. The second-order valence-corrected chi connectivity index (χ2v) is 11.8. The molecule has 0 amide bonds. The van der Waals surface area contributed by atoms with Crippen LogP contribution in [-0.2, 0) is 0 Å². The van der Waals surface area contributed by atoms with Crippen LogP contribution in [-0.4, -0.2) is 19.9 Å². The summed E-state index contributed by atoms with van der Waals surface area (Å²) in [6.45, 7) is 0. The minimum atomic E-state index is 0.511. The van der Waals surface area contributed by atoms with Crippen LogP contribution in [0.3, 0.4) is 0 Å². The Morgan fingerprint density at radius 3 is 1.88 bits per heavy atom. The summed E-state index contributed by atoms with van der Waals surface area (Å²) in [6.07, 6.45) is 1.87. The van der Waals surface area contributed by atoms with Gasteiger partial charge in [0.15, 0.2) is 23.1 Å². The van der Waals surface area contributed by atoms with Crippen LogP contribution in [0.15, 0.2) is 155 Å². The van der Waals surface area contributed by atoms with Crippen LogP contribution in [0.2, 0.25) is 0 Å². The zero-order chi connectivity index (χ0) is 31.6. The van der Waals surface area contributed by atoms with Gasteiger partial charge in [-0.25, -0.2) is 15.0 Å². The van der Waals surface area contributed by atoms with Gasteiger partial charge in [0, 0.05) is 50.0 Å². The van der Waals surface area contributed by atoms with E-state index in [2.05, 4.69) is 48.5 Å². The molecule has 0 saturated carbocycles. The van der Waals surface area contributed by atoms with Crippen LogP contribution < -0.4 is 0 Å². The van der Waals surface area contributed by atoms with Crippen LogP contribution in [0, 0.1) is 0 Å². The highest BCUT2D eigenvalue weighted by Crippen LogP contribution is 2.42. The summed E-state index contributed by atoms with van der Waals surface area (Å²) in [5, 5.41) is 6.09. The fourth-order valence-corrected chi connectivity index (χ4v) is 6.73. The number of para-hydroxylation sites is 1. The van der Waals surface area contributed by atoms with Crippen molar-refractivity contribution in [3.8, 4) is 45.4 Å². The van der Waals surface area contributed by atoms with Crippen molar-refractivity contribution >= 4 is 54.6 Å². The molecule has 6 nitrogen and oxygen atoms in total. The number of rotatable bonds is 4. The largest absolute Gasteiger partial charge is 0.456 e. The van der Waals surface area contributed by atoms with Crippen molar-refractivity contribution in [3.63, 3.8) is 0 Å². The third kappa shape index (κ3) is 4.13. The Bertz CT molecular complexity index is 2840. The monoisotopic (exact) mass is 616 g/mol. The van der Waals surface area contributed by atoms with Crippen LogP contribution in [0.1, 0.15) is 0 Å². The zero-order valence-corrected chi connectivity index (χ0v) is 25.5. The maximum Gasteiger partial charge on any atom is 0.166 e. The second kappa shape index (κ2) is 10.4. The topological polar surface area (TPSA) is 77.8 Å². The molecular formula is C42H24N4O2. The molecule has 10 rings (SSSR count). The molecule has 0 unspecified atom stereocenters. The van der Waals surface area contributed by atoms with Gasteiger partial charge in [0.1, 0.15) is 22.4 Å². The van der Waals surface area contributed by atoms with Crippen LogP contribution in [0.4, 0.5) is 0 Å². The normalized spacial score (nSPS) is 11.8. The molecule has 0 N–H and O–H groups in total. The van der Waals surface area contributed by atoms with Crippen molar-refractivity contribution in [2.45, 2.75) is 0 Å². The fraction of sp³-hybridized carbons (Fsp3) is 0. The third-order valence-electron chi connectivity index (χ3n) is 8.96. The van der Waals surface area contributed by atoms with Gasteiger partial charge in [-0.3, -0.25) is 4.98 Å². The molecule has 0 saturated heterocycles. The number of pyridine rings is 1. The Balaban J connectivity index is 1.30. The molecule has 0 aliphatic heterocycles. The molecule has 0 spiro atoms. The minimum Gasteiger partial charge on any atom is -0.456 e. The lowest BCUT2D eigenvalue weighted by atomic mass is 10.0. The molecule has 0 aliphatic carbocycles. The Hall–Kier alpha value is -6.66. The lowest BCUT2D eigenvalue weighted by Gasteiger charge is -2.11. The predicted octanol–water partition coefficient (Wildman–Crippen LogP) is 10.9. The van der Waals surface area contributed by atoms with E-state index in [9.17, 15) is 0 Å². The molecule has 10 aromatic rings. The molecule has 0 aliphatic rings. The van der Waals surface area contributed by atoms with Gasteiger partial charge in [0.05, 0.1) is 0 Å². The van der Waals surface area contributed by atoms with Gasteiger partial charge in [0.25, 0.3) is 0 Å². The molecule has 0 bridgehead atoms. The van der Waals surface area contributed by atoms with E-state index in [4.69, 9.17) is 28.8 Å². The van der Waals surface area contributed by atoms with Crippen molar-refractivity contribution in [2.75, 3.05) is 0 Å². The number of aromatic nitrogens is 4. The number of hydrogen-bond donors (Lipinski definition) is 0. The summed E-state index contributed by atoms with van der Waals surface area (Å²) < 4.78 is 12.9. The van der Waals surface area contributed by atoms with Gasteiger partial charge in [-0.15, -0.1) is 0 Å². The maximum atomic E-state index is 6.69. The highest BCUT2D eigenvalue weighted by atomic mass is 16.3. The molecule has 6 heteroatoms. The molecule has 0 atom stereocenters. The number of fused-ring (bicyclic) bond motifs is 7. The first-order valence-electron chi connectivity index (χ1n) is 15.8. The molecular weight excluding hydrogens is 592 g/mol. The van der Waals surface area contributed by atoms with Gasteiger partial charge in [-0.05, 0) is 35.0 Å². The van der Waals surface area contributed by atoms with Crippen molar-refractivity contribution < 1.29 is 8.83 Å². The van der Waals surface area contributed by atoms with E-state index < -0.39 is 0 Å². The van der Waals surface area contributed by atoms with Crippen molar-refractivity contribution in [1.82, 2.24) is 19.9 Å². The highest BCUT2D eigenvalue weighted by molar-refractivity contribution is 6.18. The summed E-state index contributed by atoms with van der Waals surface area (Å²) in [4.78, 5) is 20.4. The molecule has 4 heterocycles. The van der Waals surface area contributed by atoms with Crippen molar-refractivity contribution in [3.05, 3.63) is 146 Å². The highest BCUT2D eigenvalue weighted by Gasteiger charge is 2.23. The summed E-state index contributed by atoms with van der Waals surface area (Å²) in [5.74, 6) is 1.63. The van der Waals surface area contributed by atoms with Gasteiger partial charge in [-0.1, -0.05) is 115 Å². The molecule has 224 valence electrons. The average molecular weight is 617 g/mol. The van der Waals surface area contributed by atoms with Gasteiger partial charge in [-0.2, -0.15) is 0 Å². The Labute approximate surface area is 274 Å². The SMILES string of the molecule is c1ccc(-c2nc(-c3cccc4oc5ccccc5c34)nc(-c3cnc(-c4ccccc4)c4oc5cc6ccccc6cc5c34)n2)cc1. The van der Waals surface area contributed by atoms with Gasteiger partial charge < -0.3 is 8.83 Å². The van der Waals surface area contributed by atoms with E-state index in [1.165, 1.54) is 0 Å². The Morgan fingerprint density at radius 2 is 1.06 bits per heavy atom. The molecule has 48 heavy (non-hydrogen) atoms. The third-order valence-corrected chi connectivity index (χ3v) is 8.96. The van der Waals surface area contributed by atoms with E-state index in [1.807, 2.05) is 97.2 Å². The summed E-state index contributed by atoms with van der Waals surface area (Å²) >= 11 is 0. The first-order chi connectivity index (χ1) is 23.8. The van der Waals surface area contributed by atoms with Crippen molar-refractivity contribution in [2.24, 2.45) is 0 Å². The molecule has 4 aromatic heterocycles. The zero-order valence-electron chi connectivity index (χ0n) is 25.5. The number of nitrogens with zero attached hydrogens (tertiary/aromatic N) is 4. The van der Waals surface area contributed by atoms with Crippen molar-refractivity contribution in [1.29, 1.82) is 0 Å². The quantitative estimate of drug-likeness (QED) is 0.196. The molecule has 0 fully saturated rings. The first kappa shape index (κ1) is 26.5. The predicted molar refractivity (Wildman–Crippen MR) is 191 cm³/mol. The van der Waals surface area contributed by atoms with E-state index in [1.54, 1.807) is 0 Å². The lowest BCUT2D eigenvalue weighted by molar-refractivity contribution is 0.668. The smallest absolute Gasteiger partial charge is 0.166 e. The molecule has 6 aromatic carbocycles. The number of hydrogen-bond acceptors (Lipinski definition) is 6. The summed E-state index contributed by atoms with van der Waals surface area (Å²) in [5.41, 5.74) is 7.32. The Kier molecular flexibility index (Phi) is 5.77. The molecule has 0 radical (unpaired) electrons.